The minimum absolute atomic E-state index is 0.205. The molecular formula is C29H36N2O3. The summed E-state index contributed by atoms with van der Waals surface area (Å²) in [5.41, 5.74) is 8.51. The molecule has 0 radical (unpaired) electrons. The van der Waals surface area contributed by atoms with Gasteiger partial charge in [-0.1, -0.05) is 33.8 Å². The van der Waals surface area contributed by atoms with Crippen molar-refractivity contribution >= 4 is 18.3 Å². The van der Waals surface area contributed by atoms with E-state index in [0.29, 0.717) is 12.3 Å². The number of aromatic amines is 2. The lowest BCUT2D eigenvalue weighted by molar-refractivity contribution is -0.137. The molecule has 5 heteroatoms. The summed E-state index contributed by atoms with van der Waals surface area (Å²) in [4.78, 5) is 27.7. The molecular weight excluding hydrogens is 424 g/mol. The largest absolute Gasteiger partial charge is 0.463 e. The molecule has 0 unspecified atom stereocenters. The van der Waals surface area contributed by atoms with Gasteiger partial charge >= 0.3 is 5.97 Å². The van der Waals surface area contributed by atoms with Crippen LogP contribution in [0.15, 0.2) is 48.8 Å². The number of aromatic nitrogens is 2. The molecule has 2 aromatic heterocycles. The van der Waals surface area contributed by atoms with Crippen LogP contribution in [0.3, 0.4) is 0 Å². The standard InChI is InChI=1S/C20H25NO.C9H11NO2/c1-13-8-17-18(20(4,5)7-6-19(17,2)3)10-16(13)14-9-15(12-22)21-11-14;1-2-12-9(11)6-5-8-4-3-7-10-8/h8-12,21H,6-7H2,1-5H3;3-7,10H,2H2,1H3/b;6-5+. The number of fused-ring (bicyclic) bond motifs is 1. The van der Waals surface area contributed by atoms with Gasteiger partial charge in [-0.15, -0.1) is 0 Å². The lowest BCUT2D eigenvalue weighted by atomic mass is 9.62. The summed E-state index contributed by atoms with van der Waals surface area (Å²) in [6, 6.07) is 10.4. The summed E-state index contributed by atoms with van der Waals surface area (Å²) in [5, 5.41) is 0. The summed E-state index contributed by atoms with van der Waals surface area (Å²) in [7, 11) is 0. The number of hydrogen-bond acceptors (Lipinski definition) is 3. The highest BCUT2D eigenvalue weighted by molar-refractivity contribution is 5.86. The van der Waals surface area contributed by atoms with E-state index in [0.717, 1.165) is 17.5 Å². The Morgan fingerprint density at radius 2 is 1.71 bits per heavy atom. The van der Waals surface area contributed by atoms with Crippen molar-refractivity contribution in [3.8, 4) is 11.1 Å². The number of carbonyl (C=O) groups excluding carboxylic acids is 2. The third-order valence-electron chi connectivity index (χ3n) is 6.65. The molecule has 3 aromatic rings. The van der Waals surface area contributed by atoms with E-state index < -0.39 is 0 Å². The fourth-order valence-electron chi connectivity index (χ4n) is 4.46. The number of benzene rings is 1. The van der Waals surface area contributed by atoms with Gasteiger partial charge in [-0.05, 0) is 90.1 Å². The van der Waals surface area contributed by atoms with Crippen LogP contribution in [0.1, 0.15) is 80.3 Å². The topological polar surface area (TPSA) is 75.0 Å². The Balaban J connectivity index is 0.000000229. The minimum Gasteiger partial charge on any atom is -0.463 e. The van der Waals surface area contributed by atoms with Gasteiger partial charge in [0, 0.05) is 29.7 Å². The van der Waals surface area contributed by atoms with Gasteiger partial charge in [-0.2, -0.15) is 0 Å². The van der Waals surface area contributed by atoms with Crippen LogP contribution in [0, 0.1) is 6.92 Å². The minimum atomic E-state index is -0.313. The zero-order valence-corrected chi connectivity index (χ0v) is 21.1. The van der Waals surface area contributed by atoms with Gasteiger partial charge in [0.15, 0.2) is 6.29 Å². The number of aryl methyl sites for hydroxylation is 1. The maximum absolute atomic E-state index is 10.9. The van der Waals surface area contributed by atoms with Crippen molar-refractivity contribution in [3.05, 3.63) is 76.9 Å². The Morgan fingerprint density at radius 3 is 2.26 bits per heavy atom. The van der Waals surface area contributed by atoms with E-state index in [9.17, 15) is 9.59 Å². The highest BCUT2D eigenvalue weighted by atomic mass is 16.5. The van der Waals surface area contributed by atoms with Gasteiger partial charge in [0.1, 0.15) is 0 Å². The fraction of sp³-hybridized carbons (Fsp3) is 0.379. The Labute approximate surface area is 202 Å². The van der Waals surface area contributed by atoms with Crippen molar-refractivity contribution in [1.82, 2.24) is 9.97 Å². The molecule has 1 aromatic carbocycles. The van der Waals surface area contributed by atoms with E-state index in [1.54, 1.807) is 19.2 Å². The highest BCUT2D eigenvalue weighted by Crippen LogP contribution is 2.47. The number of carbonyl (C=O) groups is 2. The molecule has 1 aliphatic rings. The first kappa shape index (κ1) is 25.3. The van der Waals surface area contributed by atoms with Gasteiger partial charge in [0.2, 0.25) is 0 Å². The van der Waals surface area contributed by atoms with Gasteiger partial charge in [0.25, 0.3) is 0 Å². The first-order valence-corrected chi connectivity index (χ1v) is 11.8. The number of hydrogen-bond donors (Lipinski definition) is 2. The van der Waals surface area contributed by atoms with Crippen LogP contribution in [-0.4, -0.2) is 28.8 Å². The number of esters is 1. The first-order valence-electron chi connectivity index (χ1n) is 11.8. The molecule has 2 heterocycles. The highest BCUT2D eigenvalue weighted by Gasteiger charge is 2.37. The van der Waals surface area contributed by atoms with Crippen molar-refractivity contribution in [2.45, 2.75) is 65.2 Å². The zero-order chi connectivity index (χ0) is 24.9. The third-order valence-corrected chi connectivity index (χ3v) is 6.65. The molecule has 0 atom stereocenters. The molecule has 2 N–H and O–H groups in total. The van der Waals surface area contributed by atoms with Crippen LogP contribution in [0.4, 0.5) is 0 Å². The molecule has 34 heavy (non-hydrogen) atoms. The van der Waals surface area contributed by atoms with Crippen LogP contribution in [0.2, 0.25) is 0 Å². The Bertz CT molecular complexity index is 1160. The maximum atomic E-state index is 10.9. The summed E-state index contributed by atoms with van der Waals surface area (Å²) < 4.78 is 4.70. The zero-order valence-electron chi connectivity index (χ0n) is 21.1. The summed E-state index contributed by atoms with van der Waals surface area (Å²) in [6.07, 6.45) is 10.1. The SMILES string of the molecule is CCOC(=O)/C=C/c1ccc[nH]1.Cc1cc2c(cc1-c1c[nH]c(C=O)c1)C(C)(C)CCC2(C)C. The predicted molar refractivity (Wildman–Crippen MR) is 138 cm³/mol. The number of rotatable bonds is 5. The molecule has 4 rings (SSSR count). The monoisotopic (exact) mass is 460 g/mol. The molecule has 0 bridgehead atoms. The predicted octanol–water partition coefficient (Wildman–Crippen LogP) is 6.74. The normalized spacial score (nSPS) is 15.8. The maximum Gasteiger partial charge on any atom is 0.330 e. The van der Waals surface area contributed by atoms with E-state index in [-0.39, 0.29) is 16.8 Å². The fourth-order valence-corrected chi connectivity index (χ4v) is 4.46. The summed E-state index contributed by atoms with van der Waals surface area (Å²) in [6.45, 7) is 13.7. The molecule has 0 saturated heterocycles. The molecule has 0 fully saturated rings. The van der Waals surface area contributed by atoms with Crippen LogP contribution in [0.25, 0.3) is 17.2 Å². The quantitative estimate of drug-likeness (QED) is 0.251. The Morgan fingerprint density at radius 1 is 1.03 bits per heavy atom. The molecule has 0 amide bonds. The van der Waals surface area contributed by atoms with Crippen molar-refractivity contribution in [2.75, 3.05) is 6.61 Å². The number of aldehydes is 1. The second-order valence-corrected chi connectivity index (χ2v) is 10.2. The molecule has 5 nitrogen and oxygen atoms in total. The van der Waals surface area contributed by atoms with Gasteiger partial charge in [0.05, 0.1) is 12.3 Å². The Kier molecular flexibility index (Phi) is 7.65. The third kappa shape index (κ3) is 5.77. The second kappa shape index (κ2) is 10.3. The summed E-state index contributed by atoms with van der Waals surface area (Å²) >= 11 is 0. The van der Waals surface area contributed by atoms with Crippen LogP contribution < -0.4 is 0 Å². The lowest BCUT2D eigenvalue weighted by Crippen LogP contribution is -2.34. The average molecular weight is 461 g/mol. The smallest absolute Gasteiger partial charge is 0.330 e. The van der Waals surface area contributed by atoms with E-state index in [2.05, 4.69) is 56.7 Å². The molecule has 0 aliphatic heterocycles. The number of nitrogens with one attached hydrogen (secondary N) is 2. The van der Waals surface area contributed by atoms with Crippen molar-refractivity contribution in [2.24, 2.45) is 0 Å². The van der Waals surface area contributed by atoms with Gasteiger partial charge in [-0.25, -0.2) is 4.79 Å². The van der Waals surface area contributed by atoms with Crippen molar-refractivity contribution in [3.63, 3.8) is 0 Å². The van der Waals surface area contributed by atoms with E-state index in [1.165, 1.54) is 41.2 Å². The van der Waals surface area contributed by atoms with Crippen molar-refractivity contribution < 1.29 is 14.3 Å². The first-order chi connectivity index (χ1) is 16.1. The van der Waals surface area contributed by atoms with E-state index in [4.69, 9.17) is 4.74 Å². The summed E-state index contributed by atoms with van der Waals surface area (Å²) in [5.74, 6) is -0.313. The van der Waals surface area contributed by atoms with E-state index >= 15 is 0 Å². The molecule has 1 aliphatic carbocycles. The molecule has 0 saturated carbocycles. The molecule has 180 valence electrons. The van der Waals surface area contributed by atoms with E-state index in [1.807, 2.05) is 24.4 Å². The van der Waals surface area contributed by atoms with Crippen molar-refractivity contribution in [1.29, 1.82) is 0 Å². The number of ether oxygens (including phenoxy) is 1. The average Bonchev–Trinajstić information content (AvgIpc) is 3.48. The number of H-pyrrole nitrogens is 2. The van der Waals surface area contributed by atoms with Crippen LogP contribution in [0.5, 0.6) is 0 Å². The second-order valence-electron chi connectivity index (χ2n) is 10.2. The lowest BCUT2D eigenvalue weighted by Gasteiger charge is -2.42. The Hall–Kier alpha value is -3.34. The van der Waals surface area contributed by atoms with Gasteiger partial charge < -0.3 is 14.7 Å². The van der Waals surface area contributed by atoms with Crippen LogP contribution >= 0.6 is 0 Å². The van der Waals surface area contributed by atoms with Gasteiger partial charge in [-0.3, -0.25) is 4.79 Å². The molecule has 0 spiro atoms. The van der Waals surface area contributed by atoms with Crippen LogP contribution in [-0.2, 0) is 20.4 Å².